The second kappa shape index (κ2) is 8.12. The number of rotatable bonds is 5. The van der Waals surface area contributed by atoms with Crippen LogP contribution in [0.15, 0.2) is 48.5 Å². The zero-order valence-electron chi connectivity index (χ0n) is 15.8. The second-order valence-electron chi connectivity index (χ2n) is 6.58. The van der Waals surface area contributed by atoms with E-state index in [1.165, 1.54) is 0 Å². The molecule has 0 aliphatic carbocycles. The molecular weight excluding hydrogens is 344 g/mol. The third-order valence-corrected chi connectivity index (χ3v) is 4.58. The number of hydrogen-bond acceptors (Lipinski definition) is 4. The van der Waals surface area contributed by atoms with Gasteiger partial charge in [0.15, 0.2) is 6.10 Å². The average Bonchev–Trinajstić information content (AvgIpc) is 2.68. The summed E-state index contributed by atoms with van der Waals surface area (Å²) in [6.07, 6.45) is -0.684. The summed E-state index contributed by atoms with van der Waals surface area (Å²) < 4.78 is 10.9. The number of aryl methyl sites for hydroxylation is 1. The van der Waals surface area contributed by atoms with Gasteiger partial charge in [-0.25, -0.2) is 0 Å². The number of nitrogens with zero attached hydrogens (tertiary/aromatic N) is 2. The van der Waals surface area contributed by atoms with E-state index in [4.69, 9.17) is 9.47 Å². The highest BCUT2D eigenvalue weighted by molar-refractivity contribution is 5.98. The van der Waals surface area contributed by atoms with Crippen LogP contribution >= 0.6 is 0 Å². The molecule has 0 N–H and O–H groups in total. The maximum Gasteiger partial charge on any atom is 0.263 e. The Morgan fingerprint density at radius 3 is 2.44 bits per heavy atom. The predicted octanol–water partition coefficient (Wildman–Crippen LogP) is 2.65. The van der Waals surface area contributed by atoms with Crippen LogP contribution < -0.4 is 14.4 Å². The molecule has 2 aromatic carbocycles. The van der Waals surface area contributed by atoms with Gasteiger partial charge >= 0.3 is 0 Å². The van der Waals surface area contributed by atoms with E-state index in [1.807, 2.05) is 37.3 Å². The van der Waals surface area contributed by atoms with Crippen molar-refractivity contribution >= 4 is 17.5 Å². The second-order valence-corrected chi connectivity index (χ2v) is 6.58. The molecule has 6 heteroatoms. The predicted molar refractivity (Wildman–Crippen MR) is 103 cm³/mol. The smallest absolute Gasteiger partial charge is 0.263 e. The SMILES string of the molecule is COc1cccc(O[C@H](C)C(=O)N2CCN(c3ccc(C)cc3)C(=O)C2)c1. The highest BCUT2D eigenvalue weighted by Crippen LogP contribution is 2.22. The van der Waals surface area contributed by atoms with Crippen molar-refractivity contribution in [3.63, 3.8) is 0 Å². The van der Waals surface area contributed by atoms with Gasteiger partial charge in [0.1, 0.15) is 18.0 Å². The number of carbonyl (C=O) groups excluding carboxylic acids is 2. The largest absolute Gasteiger partial charge is 0.497 e. The van der Waals surface area contributed by atoms with Crippen molar-refractivity contribution in [2.24, 2.45) is 0 Å². The summed E-state index contributed by atoms with van der Waals surface area (Å²) in [7, 11) is 1.58. The molecule has 0 unspecified atom stereocenters. The van der Waals surface area contributed by atoms with Crippen molar-refractivity contribution in [2.75, 3.05) is 31.6 Å². The summed E-state index contributed by atoms with van der Waals surface area (Å²) >= 11 is 0. The molecule has 0 aromatic heterocycles. The van der Waals surface area contributed by atoms with Crippen LogP contribution in [-0.2, 0) is 9.59 Å². The molecule has 27 heavy (non-hydrogen) atoms. The summed E-state index contributed by atoms with van der Waals surface area (Å²) in [5, 5.41) is 0. The average molecular weight is 368 g/mol. The number of ether oxygens (including phenoxy) is 2. The first-order valence-corrected chi connectivity index (χ1v) is 8.94. The van der Waals surface area contributed by atoms with Crippen LogP contribution in [0.5, 0.6) is 11.5 Å². The lowest BCUT2D eigenvalue weighted by Crippen LogP contribution is -2.54. The molecule has 6 nitrogen and oxygen atoms in total. The fourth-order valence-electron chi connectivity index (χ4n) is 3.05. The minimum atomic E-state index is -0.684. The topological polar surface area (TPSA) is 59.1 Å². The van der Waals surface area contributed by atoms with Gasteiger partial charge in [0.25, 0.3) is 5.91 Å². The van der Waals surface area contributed by atoms with Gasteiger partial charge < -0.3 is 19.3 Å². The number of hydrogen-bond donors (Lipinski definition) is 0. The maximum absolute atomic E-state index is 12.7. The monoisotopic (exact) mass is 368 g/mol. The molecule has 0 bridgehead atoms. The molecule has 0 spiro atoms. The Labute approximate surface area is 159 Å². The zero-order valence-corrected chi connectivity index (χ0v) is 15.8. The van der Waals surface area contributed by atoms with Gasteiger partial charge in [-0.2, -0.15) is 0 Å². The molecule has 1 saturated heterocycles. The molecule has 3 rings (SSSR count). The Balaban J connectivity index is 1.61. The lowest BCUT2D eigenvalue weighted by atomic mass is 10.2. The number of carbonyl (C=O) groups is 2. The number of amides is 2. The first-order chi connectivity index (χ1) is 13.0. The highest BCUT2D eigenvalue weighted by atomic mass is 16.5. The Bertz CT molecular complexity index is 819. The molecule has 1 fully saturated rings. The van der Waals surface area contributed by atoms with Gasteiger partial charge in [0.2, 0.25) is 5.91 Å². The Kier molecular flexibility index (Phi) is 5.64. The number of benzene rings is 2. The van der Waals surface area contributed by atoms with Gasteiger partial charge in [-0.15, -0.1) is 0 Å². The summed E-state index contributed by atoms with van der Waals surface area (Å²) in [6.45, 7) is 4.70. The molecule has 1 atom stereocenters. The van der Waals surface area contributed by atoms with Crippen LogP contribution in [0.1, 0.15) is 12.5 Å². The highest BCUT2D eigenvalue weighted by Gasteiger charge is 2.31. The molecule has 2 amide bonds. The number of methoxy groups -OCH3 is 1. The molecule has 0 saturated carbocycles. The van der Waals surface area contributed by atoms with Crippen LogP contribution in [0.3, 0.4) is 0 Å². The number of piperazine rings is 1. The van der Waals surface area contributed by atoms with E-state index in [0.717, 1.165) is 11.3 Å². The maximum atomic E-state index is 12.7. The van der Waals surface area contributed by atoms with Gasteiger partial charge in [-0.3, -0.25) is 9.59 Å². The van der Waals surface area contributed by atoms with Crippen molar-refractivity contribution in [1.82, 2.24) is 4.90 Å². The van der Waals surface area contributed by atoms with Crippen LogP contribution in [-0.4, -0.2) is 49.6 Å². The Morgan fingerprint density at radius 1 is 1.07 bits per heavy atom. The first-order valence-electron chi connectivity index (χ1n) is 8.94. The summed E-state index contributed by atoms with van der Waals surface area (Å²) in [4.78, 5) is 28.5. The zero-order chi connectivity index (χ0) is 19.4. The Hall–Kier alpha value is -3.02. The van der Waals surface area contributed by atoms with Crippen molar-refractivity contribution in [1.29, 1.82) is 0 Å². The molecule has 1 aliphatic rings. The van der Waals surface area contributed by atoms with Crippen molar-refractivity contribution in [3.05, 3.63) is 54.1 Å². The minimum absolute atomic E-state index is 0.0541. The molecule has 142 valence electrons. The van der Waals surface area contributed by atoms with E-state index in [2.05, 4.69) is 0 Å². The summed E-state index contributed by atoms with van der Waals surface area (Å²) in [5.41, 5.74) is 2.00. The van der Waals surface area contributed by atoms with Crippen molar-refractivity contribution in [3.8, 4) is 11.5 Å². The van der Waals surface area contributed by atoms with Gasteiger partial charge in [-0.05, 0) is 38.1 Å². The standard InChI is InChI=1S/C21H24N2O4/c1-15-7-9-17(10-8-15)23-12-11-22(14-20(23)24)21(25)16(2)27-19-6-4-5-18(13-19)26-3/h4-10,13,16H,11-12,14H2,1-3H3/t16-/m1/s1. The Morgan fingerprint density at radius 2 is 1.78 bits per heavy atom. The third-order valence-electron chi connectivity index (χ3n) is 4.58. The summed E-state index contributed by atoms with van der Waals surface area (Å²) in [5.74, 6) is 0.926. The lowest BCUT2D eigenvalue weighted by Gasteiger charge is -2.35. The molecule has 0 radical (unpaired) electrons. The fraction of sp³-hybridized carbons (Fsp3) is 0.333. The van der Waals surface area contributed by atoms with Gasteiger partial charge in [0.05, 0.1) is 7.11 Å². The van der Waals surface area contributed by atoms with E-state index in [0.29, 0.717) is 24.6 Å². The van der Waals surface area contributed by atoms with Crippen LogP contribution in [0.2, 0.25) is 0 Å². The van der Waals surface area contributed by atoms with E-state index in [-0.39, 0.29) is 18.4 Å². The fourth-order valence-corrected chi connectivity index (χ4v) is 3.05. The van der Waals surface area contributed by atoms with Crippen molar-refractivity contribution < 1.29 is 19.1 Å². The molecular formula is C21H24N2O4. The van der Waals surface area contributed by atoms with E-state index in [1.54, 1.807) is 42.0 Å². The van der Waals surface area contributed by atoms with Crippen LogP contribution in [0.25, 0.3) is 0 Å². The molecule has 1 aliphatic heterocycles. The van der Waals surface area contributed by atoms with Crippen LogP contribution in [0.4, 0.5) is 5.69 Å². The van der Waals surface area contributed by atoms with Gasteiger partial charge in [-0.1, -0.05) is 23.8 Å². The normalized spacial score (nSPS) is 15.4. The minimum Gasteiger partial charge on any atom is -0.497 e. The van der Waals surface area contributed by atoms with E-state index in [9.17, 15) is 9.59 Å². The lowest BCUT2D eigenvalue weighted by molar-refractivity contribution is -0.142. The summed E-state index contributed by atoms with van der Waals surface area (Å²) in [6, 6.07) is 14.9. The third kappa shape index (κ3) is 4.39. The van der Waals surface area contributed by atoms with E-state index < -0.39 is 6.10 Å². The quantitative estimate of drug-likeness (QED) is 0.814. The van der Waals surface area contributed by atoms with Crippen molar-refractivity contribution in [2.45, 2.75) is 20.0 Å². The van der Waals surface area contributed by atoms with Gasteiger partial charge in [0, 0.05) is 24.8 Å². The number of anilines is 1. The molecule has 2 aromatic rings. The van der Waals surface area contributed by atoms with Crippen LogP contribution in [0, 0.1) is 6.92 Å². The first kappa shape index (κ1) is 18.8. The molecule has 1 heterocycles. The van der Waals surface area contributed by atoms with E-state index >= 15 is 0 Å².